The van der Waals surface area contributed by atoms with Crippen molar-refractivity contribution in [3.63, 3.8) is 0 Å². The molecule has 2 rings (SSSR count). The Labute approximate surface area is 109 Å². The number of phenols is 1. The van der Waals surface area contributed by atoms with Gasteiger partial charge in [-0.05, 0) is 49.4 Å². The smallest absolute Gasteiger partial charge is 0.120 e. The maximum atomic E-state index is 10.1. The Kier molecular flexibility index (Phi) is 4.25. The first-order valence-electron chi connectivity index (χ1n) is 6.69. The van der Waals surface area contributed by atoms with Crippen LogP contribution in [0.5, 0.6) is 5.75 Å². The number of hydrogen-bond donors (Lipinski definition) is 2. The van der Waals surface area contributed by atoms with Gasteiger partial charge in [-0.25, -0.2) is 0 Å². The lowest BCUT2D eigenvalue weighted by Gasteiger charge is -2.15. The van der Waals surface area contributed by atoms with Crippen LogP contribution < -0.4 is 5.32 Å². The Bertz CT molecular complexity index is 417. The minimum Gasteiger partial charge on any atom is -0.508 e. The number of benzene rings is 1. The molecule has 0 saturated heterocycles. The van der Waals surface area contributed by atoms with Crippen molar-refractivity contribution >= 4 is 0 Å². The van der Waals surface area contributed by atoms with Crippen molar-refractivity contribution in [3.05, 3.63) is 28.8 Å². The Morgan fingerprint density at radius 1 is 1.39 bits per heavy atom. The predicted octanol–water partition coefficient (Wildman–Crippen LogP) is 2.88. The van der Waals surface area contributed by atoms with Crippen molar-refractivity contribution in [2.24, 2.45) is 0 Å². The highest BCUT2D eigenvalue weighted by atomic mass is 16.5. The van der Waals surface area contributed by atoms with E-state index in [0.717, 1.165) is 31.6 Å². The molecule has 0 saturated carbocycles. The minimum absolute atomic E-state index is 0.284. The van der Waals surface area contributed by atoms with E-state index >= 15 is 0 Å². The highest BCUT2D eigenvalue weighted by Crippen LogP contribution is 2.45. The summed E-state index contributed by atoms with van der Waals surface area (Å²) in [7, 11) is 1.72. The average molecular weight is 249 g/mol. The van der Waals surface area contributed by atoms with Gasteiger partial charge >= 0.3 is 0 Å². The molecule has 0 aliphatic heterocycles. The average Bonchev–Trinajstić information content (AvgIpc) is 2.68. The van der Waals surface area contributed by atoms with E-state index in [4.69, 9.17) is 4.74 Å². The number of rotatable bonds is 5. The van der Waals surface area contributed by atoms with Crippen LogP contribution in [-0.2, 0) is 4.74 Å². The summed E-state index contributed by atoms with van der Waals surface area (Å²) in [5, 5.41) is 13.6. The zero-order valence-corrected chi connectivity index (χ0v) is 11.5. The number of methoxy groups -OCH3 is 1. The van der Waals surface area contributed by atoms with Crippen molar-refractivity contribution in [3.8, 4) is 5.75 Å². The number of ether oxygens (including phenoxy) is 1. The topological polar surface area (TPSA) is 41.5 Å². The van der Waals surface area contributed by atoms with Gasteiger partial charge in [0, 0.05) is 25.3 Å². The Hall–Kier alpha value is -1.06. The normalized spacial score (nSPS) is 22.2. The summed E-state index contributed by atoms with van der Waals surface area (Å²) in [6, 6.07) is 4.11. The molecule has 0 radical (unpaired) electrons. The molecule has 1 aromatic rings. The number of phenolic OH excluding ortho intramolecular Hbond substituents is 1. The van der Waals surface area contributed by atoms with Gasteiger partial charge in [0.2, 0.25) is 0 Å². The van der Waals surface area contributed by atoms with E-state index < -0.39 is 0 Å². The fourth-order valence-electron chi connectivity index (χ4n) is 3.02. The van der Waals surface area contributed by atoms with Gasteiger partial charge in [0.15, 0.2) is 0 Å². The van der Waals surface area contributed by atoms with Crippen molar-refractivity contribution < 1.29 is 9.84 Å². The monoisotopic (exact) mass is 249 g/mol. The molecule has 18 heavy (non-hydrogen) atoms. The van der Waals surface area contributed by atoms with Crippen molar-refractivity contribution in [2.75, 3.05) is 20.3 Å². The van der Waals surface area contributed by atoms with Gasteiger partial charge in [-0.15, -0.1) is 0 Å². The molecular formula is C15H23NO2. The largest absolute Gasteiger partial charge is 0.508 e. The quantitative estimate of drug-likeness (QED) is 0.788. The molecule has 100 valence electrons. The minimum atomic E-state index is 0.284. The standard InChI is InChI=1S/C15H23NO2/c1-10-5-6-13(17)15-12(9-11(2)14(10)15)16-7-4-8-18-3/h5-6,11-12,16-17H,4,7-9H2,1-3H3. The molecule has 2 unspecified atom stereocenters. The fraction of sp³-hybridized carbons (Fsp3) is 0.600. The van der Waals surface area contributed by atoms with Gasteiger partial charge in [-0.2, -0.15) is 0 Å². The molecule has 0 spiro atoms. The second-order valence-electron chi connectivity index (χ2n) is 5.22. The van der Waals surface area contributed by atoms with E-state index in [2.05, 4.69) is 19.2 Å². The molecule has 2 N–H and O–H groups in total. The number of nitrogens with one attached hydrogen (secondary N) is 1. The van der Waals surface area contributed by atoms with Gasteiger partial charge in [0.1, 0.15) is 5.75 Å². The molecular weight excluding hydrogens is 226 g/mol. The molecule has 0 aromatic heterocycles. The van der Waals surface area contributed by atoms with Gasteiger partial charge < -0.3 is 15.2 Å². The zero-order valence-electron chi connectivity index (χ0n) is 11.5. The summed E-state index contributed by atoms with van der Waals surface area (Å²) in [6.45, 7) is 6.07. The van der Waals surface area contributed by atoms with E-state index in [1.54, 1.807) is 7.11 Å². The highest BCUT2D eigenvalue weighted by Gasteiger charge is 2.31. The van der Waals surface area contributed by atoms with Gasteiger partial charge in [-0.1, -0.05) is 13.0 Å². The van der Waals surface area contributed by atoms with Gasteiger partial charge in [-0.3, -0.25) is 0 Å². The van der Waals surface area contributed by atoms with Crippen molar-refractivity contribution in [1.29, 1.82) is 0 Å². The molecule has 0 heterocycles. The van der Waals surface area contributed by atoms with Crippen LogP contribution in [0.25, 0.3) is 0 Å². The first kappa shape index (κ1) is 13.4. The molecule has 0 bridgehead atoms. The van der Waals surface area contributed by atoms with Gasteiger partial charge in [0.25, 0.3) is 0 Å². The number of fused-ring (bicyclic) bond motifs is 1. The molecule has 1 aromatic carbocycles. The maximum absolute atomic E-state index is 10.1. The molecule has 0 amide bonds. The van der Waals surface area contributed by atoms with E-state index in [1.807, 2.05) is 12.1 Å². The van der Waals surface area contributed by atoms with Crippen molar-refractivity contribution in [2.45, 2.75) is 38.6 Å². The molecule has 0 fully saturated rings. The summed E-state index contributed by atoms with van der Waals surface area (Å²) in [5.74, 6) is 0.955. The fourth-order valence-corrected chi connectivity index (χ4v) is 3.02. The third-order valence-corrected chi connectivity index (χ3v) is 3.83. The summed E-state index contributed by atoms with van der Waals surface area (Å²) in [5.41, 5.74) is 3.73. The van der Waals surface area contributed by atoms with Crippen LogP contribution in [0.1, 0.15) is 48.4 Å². The molecule has 3 nitrogen and oxygen atoms in total. The Morgan fingerprint density at radius 3 is 2.89 bits per heavy atom. The van der Waals surface area contributed by atoms with E-state index in [1.165, 1.54) is 11.1 Å². The maximum Gasteiger partial charge on any atom is 0.120 e. The highest BCUT2D eigenvalue weighted by molar-refractivity contribution is 5.50. The number of aromatic hydroxyl groups is 1. The van der Waals surface area contributed by atoms with Crippen LogP contribution in [-0.4, -0.2) is 25.4 Å². The lowest BCUT2D eigenvalue weighted by Crippen LogP contribution is -2.21. The first-order valence-corrected chi connectivity index (χ1v) is 6.69. The second-order valence-corrected chi connectivity index (χ2v) is 5.22. The lowest BCUT2D eigenvalue weighted by molar-refractivity contribution is 0.193. The molecule has 1 aliphatic rings. The third kappa shape index (κ3) is 2.52. The van der Waals surface area contributed by atoms with Crippen LogP contribution in [0, 0.1) is 6.92 Å². The Balaban J connectivity index is 2.12. The first-order chi connectivity index (χ1) is 8.65. The van der Waals surface area contributed by atoms with E-state index in [9.17, 15) is 5.11 Å². The molecule has 3 heteroatoms. The number of aryl methyl sites for hydroxylation is 1. The van der Waals surface area contributed by atoms with E-state index in [-0.39, 0.29) is 6.04 Å². The molecule has 1 aliphatic carbocycles. The summed E-state index contributed by atoms with van der Waals surface area (Å²) < 4.78 is 5.05. The third-order valence-electron chi connectivity index (χ3n) is 3.83. The van der Waals surface area contributed by atoms with Crippen LogP contribution in [0.2, 0.25) is 0 Å². The SMILES string of the molecule is COCCCNC1CC(C)c2c(C)ccc(O)c21. The van der Waals surface area contributed by atoms with Crippen LogP contribution in [0.15, 0.2) is 12.1 Å². The predicted molar refractivity (Wildman–Crippen MR) is 73.1 cm³/mol. The van der Waals surface area contributed by atoms with E-state index in [0.29, 0.717) is 11.7 Å². The van der Waals surface area contributed by atoms with Crippen molar-refractivity contribution in [1.82, 2.24) is 5.32 Å². The van der Waals surface area contributed by atoms with Gasteiger partial charge in [0.05, 0.1) is 0 Å². The van der Waals surface area contributed by atoms with Crippen LogP contribution >= 0.6 is 0 Å². The summed E-state index contributed by atoms with van der Waals surface area (Å²) in [4.78, 5) is 0. The lowest BCUT2D eigenvalue weighted by atomic mass is 9.97. The second kappa shape index (κ2) is 5.72. The van der Waals surface area contributed by atoms with Crippen LogP contribution in [0.3, 0.4) is 0 Å². The molecule has 2 atom stereocenters. The summed E-state index contributed by atoms with van der Waals surface area (Å²) in [6.07, 6.45) is 2.07. The number of hydrogen-bond acceptors (Lipinski definition) is 3. The van der Waals surface area contributed by atoms with Crippen LogP contribution in [0.4, 0.5) is 0 Å². The Morgan fingerprint density at radius 2 is 2.17 bits per heavy atom. The summed E-state index contributed by atoms with van der Waals surface area (Å²) >= 11 is 0. The zero-order chi connectivity index (χ0) is 13.1.